The number of rotatable bonds is 2. The molecular weight excluding hydrogens is 254 g/mol. The molecule has 3 heteroatoms. The van der Waals surface area contributed by atoms with Crippen LogP contribution >= 0.6 is 15.9 Å². The fraction of sp³-hybridized carbons (Fsp3) is 0.500. The number of nitrogens with zero attached hydrogens (tertiary/aromatic N) is 1. The minimum Gasteiger partial charge on any atom is -0.391 e. The quantitative estimate of drug-likeness (QED) is 0.892. The van der Waals surface area contributed by atoms with E-state index in [1.54, 1.807) is 0 Å². The van der Waals surface area contributed by atoms with Crippen LogP contribution < -0.4 is 4.90 Å². The number of aliphatic hydroxyl groups excluding tert-OH is 1. The zero-order valence-corrected chi connectivity index (χ0v) is 10.7. The fourth-order valence-electron chi connectivity index (χ4n) is 2.35. The molecule has 2 unspecified atom stereocenters. The summed E-state index contributed by atoms with van der Waals surface area (Å²) in [5.74, 6) is 0. The molecule has 2 nitrogen and oxygen atoms in total. The van der Waals surface area contributed by atoms with Crippen molar-refractivity contribution in [2.75, 3.05) is 11.4 Å². The monoisotopic (exact) mass is 269 g/mol. The Morgan fingerprint density at radius 2 is 2.33 bits per heavy atom. The number of hydrogen-bond acceptors (Lipinski definition) is 2. The highest BCUT2D eigenvalue weighted by Gasteiger charge is 2.32. The third-order valence-corrected chi connectivity index (χ3v) is 3.86. The second-order valence-electron chi connectivity index (χ2n) is 4.04. The van der Waals surface area contributed by atoms with Crippen LogP contribution in [0.25, 0.3) is 0 Å². The highest BCUT2D eigenvalue weighted by atomic mass is 79.9. The van der Waals surface area contributed by atoms with Crippen molar-refractivity contribution >= 4 is 21.6 Å². The molecule has 1 aliphatic heterocycles. The molecule has 0 saturated carbocycles. The first kappa shape index (κ1) is 11.0. The molecular formula is C12H16BrNO. The second-order valence-corrected chi connectivity index (χ2v) is 4.89. The maximum atomic E-state index is 9.76. The van der Waals surface area contributed by atoms with E-state index in [-0.39, 0.29) is 12.1 Å². The standard InChI is InChI=1S/C12H16BrNO/c1-3-14-11-6-4-5-10(13)9(11)7-12(14)8(2)15/h4-6,8,12,15H,3,7H2,1-2H3. The molecule has 1 aromatic carbocycles. The number of anilines is 1. The second kappa shape index (κ2) is 4.14. The van der Waals surface area contributed by atoms with Gasteiger partial charge in [-0.1, -0.05) is 22.0 Å². The number of halogens is 1. The Bertz CT molecular complexity index is 365. The number of aliphatic hydroxyl groups is 1. The van der Waals surface area contributed by atoms with E-state index >= 15 is 0 Å². The molecule has 1 aliphatic rings. The third-order valence-electron chi connectivity index (χ3n) is 3.11. The average Bonchev–Trinajstić information content (AvgIpc) is 2.57. The molecule has 0 radical (unpaired) electrons. The summed E-state index contributed by atoms with van der Waals surface area (Å²) in [6.45, 7) is 4.94. The van der Waals surface area contributed by atoms with E-state index in [4.69, 9.17) is 0 Å². The van der Waals surface area contributed by atoms with Gasteiger partial charge in [0.05, 0.1) is 12.1 Å². The summed E-state index contributed by atoms with van der Waals surface area (Å²) in [7, 11) is 0. The smallest absolute Gasteiger partial charge is 0.0718 e. The highest BCUT2D eigenvalue weighted by molar-refractivity contribution is 9.10. The van der Waals surface area contributed by atoms with E-state index in [0.717, 1.165) is 17.4 Å². The van der Waals surface area contributed by atoms with Gasteiger partial charge in [0.15, 0.2) is 0 Å². The van der Waals surface area contributed by atoms with Crippen LogP contribution in [0.2, 0.25) is 0 Å². The molecule has 82 valence electrons. The Labute approximate surface area is 99.0 Å². The molecule has 0 aliphatic carbocycles. The van der Waals surface area contributed by atoms with E-state index in [0.29, 0.717) is 0 Å². The van der Waals surface area contributed by atoms with Gasteiger partial charge in [-0.05, 0) is 38.0 Å². The molecule has 0 fully saturated rings. The van der Waals surface area contributed by atoms with Gasteiger partial charge in [0, 0.05) is 16.7 Å². The van der Waals surface area contributed by atoms with Gasteiger partial charge >= 0.3 is 0 Å². The predicted octanol–water partition coefficient (Wildman–Crippen LogP) is 2.58. The summed E-state index contributed by atoms with van der Waals surface area (Å²) >= 11 is 3.57. The minimum atomic E-state index is -0.288. The van der Waals surface area contributed by atoms with E-state index in [2.05, 4.69) is 46.0 Å². The van der Waals surface area contributed by atoms with Crippen LogP contribution in [0.5, 0.6) is 0 Å². The van der Waals surface area contributed by atoms with Crippen molar-refractivity contribution in [2.24, 2.45) is 0 Å². The predicted molar refractivity (Wildman–Crippen MR) is 66.3 cm³/mol. The molecule has 1 N–H and O–H groups in total. The van der Waals surface area contributed by atoms with Gasteiger partial charge in [-0.15, -0.1) is 0 Å². The third kappa shape index (κ3) is 1.79. The Hall–Kier alpha value is -0.540. The van der Waals surface area contributed by atoms with Gasteiger partial charge in [-0.25, -0.2) is 0 Å². The molecule has 1 heterocycles. The first-order valence-corrected chi connectivity index (χ1v) is 6.16. The lowest BCUT2D eigenvalue weighted by Crippen LogP contribution is -2.39. The van der Waals surface area contributed by atoms with E-state index in [1.165, 1.54) is 11.3 Å². The minimum absolute atomic E-state index is 0.226. The molecule has 1 aromatic rings. The lowest BCUT2D eigenvalue weighted by atomic mass is 10.1. The van der Waals surface area contributed by atoms with Crippen molar-refractivity contribution in [3.8, 4) is 0 Å². The molecule has 0 spiro atoms. The lowest BCUT2D eigenvalue weighted by molar-refractivity contribution is 0.162. The van der Waals surface area contributed by atoms with Crippen molar-refractivity contribution in [2.45, 2.75) is 32.4 Å². The van der Waals surface area contributed by atoms with Crippen molar-refractivity contribution in [1.82, 2.24) is 0 Å². The molecule has 0 aromatic heterocycles. The summed E-state index contributed by atoms with van der Waals surface area (Å²) in [6.07, 6.45) is 0.645. The van der Waals surface area contributed by atoms with Crippen LogP contribution in [0.4, 0.5) is 5.69 Å². The van der Waals surface area contributed by atoms with Crippen LogP contribution in [0.15, 0.2) is 22.7 Å². The number of benzene rings is 1. The summed E-state index contributed by atoms with van der Waals surface area (Å²) in [4.78, 5) is 2.28. The maximum Gasteiger partial charge on any atom is 0.0718 e. The van der Waals surface area contributed by atoms with Crippen molar-refractivity contribution in [3.05, 3.63) is 28.2 Å². The van der Waals surface area contributed by atoms with E-state index < -0.39 is 0 Å². The number of likely N-dealkylation sites (N-methyl/N-ethyl adjacent to an activating group) is 1. The number of hydrogen-bond donors (Lipinski definition) is 1. The maximum absolute atomic E-state index is 9.76. The van der Waals surface area contributed by atoms with Crippen LogP contribution in [-0.2, 0) is 6.42 Å². The largest absolute Gasteiger partial charge is 0.391 e. The van der Waals surface area contributed by atoms with Gasteiger partial charge in [-0.3, -0.25) is 0 Å². The summed E-state index contributed by atoms with van der Waals surface area (Å²) < 4.78 is 1.15. The van der Waals surface area contributed by atoms with Gasteiger partial charge in [-0.2, -0.15) is 0 Å². The highest BCUT2D eigenvalue weighted by Crippen LogP contribution is 2.37. The Morgan fingerprint density at radius 3 is 2.93 bits per heavy atom. The normalized spacial score (nSPS) is 21.6. The summed E-state index contributed by atoms with van der Waals surface area (Å²) in [6, 6.07) is 6.47. The zero-order chi connectivity index (χ0) is 11.0. The van der Waals surface area contributed by atoms with Crippen LogP contribution in [0.3, 0.4) is 0 Å². The topological polar surface area (TPSA) is 23.5 Å². The van der Waals surface area contributed by atoms with Crippen molar-refractivity contribution < 1.29 is 5.11 Å². The molecule has 15 heavy (non-hydrogen) atoms. The lowest BCUT2D eigenvalue weighted by Gasteiger charge is -2.28. The van der Waals surface area contributed by atoms with Gasteiger partial charge in [0.1, 0.15) is 0 Å². The van der Waals surface area contributed by atoms with Crippen LogP contribution in [0, 0.1) is 0 Å². The fourth-order valence-corrected chi connectivity index (χ4v) is 2.87. The Kier molecular flexibility index (Phi) is 3.03. The molecule has 2 rings (SSSR count). The molecule has 0 bridgehead atoms. The van der Waals surface area contributed by atoms with Crippen molar-refractivity contribution in [1.29, 1.82) is 0 Å². The number of fused-ring (bicyclic) bond motifs is 1. The van der Waals surface area contributed by atoms with Crippen LogP contribution in [0.1, 0.15) is 19.4 Å². The zero-order valence-electron chi connectivity index (χ0n) is 9.07. The molecule has 2 atom stereocenters. The van der Waals surface area contributed by atoms with E-state index in [9.17, 15) is 5.11 Å². The summed E-state index contributed by atoms with van der Waals surface area (Å²) in [5, 5.41) is 9.76. The Morgan fingerprint density at radius 1 is 1.60 bits per heavy atom. The van der Waals surface area contributed by atoms with Crippen molar-refractivity contribution in [3.63, 3.8) is 0 Å². The first-order valence-electron chi connectivity index (χ1n) is 5.37. The Balaban J connectivity index is 2.41. The van der Waals surface area contributed by atoms with Gasteiger partial charge in [0.2, 0.25) is 0 Å². The first-order chi connectivity index (χ1) is 7.15. The molecule has 0 amide bonds. The van der Waals surface area contributed by atoms with Crippen LogP contribution in [-0.4, -0.2) is 23.8 Å². The SMILES string of the molecule is CCN1c2cccc(Br)c2CC1C(C)O. The molecule has 0 saturated heterocycles. The average molecular weight is 270 g/mol. The summed E-state index contributed by atoms with van der Waals surface area (Å²) in [5.41, 5.74) is 2.59. The van der Waals surface area contributed by atoms with Gasteiger partial charge in [0.25, 0.3) is 0 Å². The van der Waals surface area contributed by atoms with E-state index in [1.807, 2.05) is 6.92 Å². The van der Waals surface area contributed by atoms with Gasteiger partial charge < -0.3 is 10.0 Å².